The van der Waals surface area contributed by atoms with Crippen LogP contribution in [0.1, 0.15) is 51.9 Å². The molecule has 17 heavy (non-hydrogen) atoms. The lowest BCUT2D eigenvalue weighted by molar-refractivity contribution is 0.0540. The fourth-order valence-electron chi connectivity index (χ4n) is 3.12. The summed E-state index contributed by atoms with van der Waals surface area (Å²) in [5.74, 6) is 11.9. The number of likely N-dealkylation sites (N-methyl/N-ethyl adjacent to an activating group) is 1. The van der Waals surface area contributed by atoms with E-state index in [0.717, 1.165) is 12.8 Å². The van der Waals surface area contributed by atoms with Crippen molar-refractivity contribution >= 4 is 0 Å². The summed E-state index contributed by atoms with van der Waals surface area (Å²) in [7, 11) is 4.36. The van der Waals surface area contributed by atoms with E-state index in [1.807, 2.05) is 6.92 Å². The summed E-state index contributed by atoms with van der Waals surface area (Å²) in [6.07, 6.45) is 8.45. The van der Waals surface area contributed by atoms with Crippen LogP contribution in [0.3, 0.4) is 0 Å². The van der Waals surface area contributed by atoms with E-state index in [-0.39, 0.29) is 5.54 Å². The minimum atomic E-state index is 0.225. The average molecular weight is 237 g/mol. The Labute approximate surface area is 106 Å². The van der Waals surface area contributed by atoms with Crippen LogP contribution in [0.5, 0.6) is 0 Å². The van der Waals surface area contributed by atoms with E-state index in [2.05, 4.69) is 36.3 Å². The lowest BCUT2D eigenvalue weighted by Gasteiger charge is -2.48. The van der Waals surface area contributed by atoms with Crippen molar-refractivity contribution in [2.75, 3.05) is 14.1 Å². The minimum absolute atomic E-state index is 0.225. The van der Waals surface area contributed by atoms with Gasteiger partial charge in [0.2, 0.25) is 0 Å². The molecule has 0 radical (unpaired) electrons. The van der Waals surface area contributed by atoms with E-state index in [4.69, 9.17) is 5.84 Å². The number of nitrogens with zero attached hydrogens (tertiary/aromatic N) is 1. The smallest absolute Gasteiger partial charge is 0.0403 e. The van der Waals surface area contributed by atoms with Crippen molar-refractivity contribution in [3.8, 4) is 11.8 Å². The predicted molar refractivity (Wildman–Crippen MR) is 73.3 cm³/mol. The fraction of sp³-hybridized carbons (Fsp3) is 0.857. The van der Waals surface area contributed by atoms with Crippen LogP contribution in [0, 0.1) is 11.8 Å². The Morgan fingerprint density at radius 3 is 2.41 bits per heavy atom. The summed E-state index contributed by atoms with van der Waals surface area (Å²) in [5.41, 5.74) is 3.27. The van der Waals surface area contributed by atoms with Crippen LogP contribution >= 0.6 is 0 Å². The van der Waals surface area contributed by atoms with Gasteiger partial charge in [0.25, 0.3) is 0 Å². The van der Waals surface area contributed by atoms with Gasteiger partial charge in [-0.25, -0.2) is 0 Å². The molecule has 0 aromatic carbocycles. The molecule has 0 bridgehead atoms. The molecular formula is C14H27N3. The molecule has 1 rings (SSSR count). The highest BCUT2D eigenvalue weighted by atomic mass is 15.3. The zero-order valence-electron chi connectivity index (χ0n) is 11.6. The Morgan fingerprint density at radius 1 is 1.29 bits per heavy atom. The molecule has 98 valence electrons. The first-order valence-corrected chi connectivity index (χ1v) is 6.70. The summed E-state index contributed by atoms with van der Waals surface area (Å²) in [6, 6.07) is 0.346. The fourth-order valence-corrected chi connectivity index (χ4v) is 3.12. The van der Waals surface area contributed by atoms with Crippen LogP contribution in [0.4, 0.5) is 0 Å². The molecule has 1 atom stereocenters. The Bertz CT molecular complexity index is 269. The van der Waals surface area contributed by atoms with Crippen LogP contribution in [0.2, 0.25) is 0 Å². The summed E-state index contributed by atoms with van der Waals surface area (Å²) < 4.78 is 0. The van der Waals surface area contributed by atoms with Crippen LogP contribution in [-0.4, -0.2) is 30.6 Å². The standard InChI is InChI=1S/C14H27N3/c1-4-5-7-10-13(16-15)14(17(2)3)11-8-6-9-12-14/h13,16H,6-12,15H2,1-3H3. The first kappa shape index (κ1) is 14.5. The molecular weight excluding hydrogens is 210 g/mol. The second kappa shape index (κ2) is 7.00. The van der Waals surface area contributed by atoms with Gasteiger partial charge < -0.3 is 4.90 Å². The molecule has 0 saturated heterocycles. The molecule has 3 nitrogen and oxygen atoms in total. The Balaban J connectivity index is 2.73. The molecule has 3 N–H and O–H groups in total. The largest absolute Gasteiger partial charge is 0.302 e. The van der Waals surface area contributed by atoms with E-state index in [1.54, 1.807) is 0 Å². The zero-order valence-corrected chi connectivity index (χ0v) is 11.6. The lowest BCUT2D eigenvalue weighted by atomic mass is 9.74. The van der Waals surface area contributed by atoms with E-state index in [0.29, 0.717) is 6.04 Å². The minimum Gasteiger partial charge on any atom is -0.302 e. The summed E-state index contributed by atoms with van der Waals surface area (Å²) in [4.78, 5) is 2.37. The number of rotatable bonds is 5. The summed E-state index contributed by atoms with van der Waals surface area (Å²) >= 11 is 0. The van der Waals surface area contributed by atoms with Gasteiger partial charge >= 0.3 is 0 Å². The van der Waals surface area contributed by atoms with Crippen LogP contribution in [-0.2, 0) is 0 Å². The van der Waals surface area contributed by atoms with Gasteiger partial charge in [0.05, 0.1) is 0 Å². The van der Waals surface area contributed by atoms with Crippen LogP contribution in [0.25, 0.3) is 0 Å². The maximum absolute atomic E-state index is 5.78. The summed E-state index contributed by atoms with van der Waals surface area (Å²) in [6.45, 7) is 1.90. The van der Waals surface area contributed by atoms with Gasteiger partial charge in [-0.2, -0.15) is 0 Å². The highest BCUT2D eigenvalue weighted by Gasteiger charge is 2.40. The maximum Gasteiger partial charge on any atom is 0.0403 e. The lowest BCUT2D eigenvalue weighted by Crippen LogP contribution is -2.61. The monoisotopic (exact) mass is 237 g/mol. The molecule has 0 aromatic rings. The van der Waals surface area contributed by atoms with Crippen molar-refractivity contribution in [1.29, 1.82) is 0 Å². The Kier molecular flexibility index (Phi) is 5.97. The predicted octanol–water partition coefficient (Wildman–Crippen LogP) is 1.89. The third-order valence-corrected chi connectivity index (χ3v) is 4.19. The second-order valence-electron chi connectivity index (χ2n) is 5.24. The molecule has 1 fully saturated rings. The first-order valence-electron chi connectivity index (χ1n) is 6.70. The topological polar surface area (TPSA) is 41.3 Å². The van der Waals surface area contributed by atoms with Crippen LogP contribution in [0.15, 0.2) is 0 Å². The van der Waals surface area contributed by atoms with Crippen molar-refractivity contribution in [1.82, 2.24) is 10.3 Å². The zero-order chi connectivity index (χ0) is 12.7. The van der Waals surface area contributed by atoms with Crippen molar-refractivity contribution < 1.29 is 0 Å². The van der Waals surface area contributed by atoms with Gasteiger partial charge in [-0.05, 0) is 40.3 Å². The second-order valence-corrected chi connectivity index (χ2v) is 5.24. The van der Waals surface area contributed by atoms with Gasteiger partial charge in [-0.1, -0.05) is 19.3 Å². The Morgan fingerprint density at radius 2 is 1.94 bits per heavy atom. The van der Waals surface area contributed by atoms with E-state index in [1.165, 1.54) is 32.1 Å². The van der Waals surface area contributed by atoms with Crippen LogP contribution < -0.4 is 11.3 Å². The van der Waals surface area contributed by atoms with E-state index >= 15 is 0 Å². The quantitative estimate of drug-likeness (QED) is 0.436. The number of hydrogen-bond acceptors (Lipinski definition) is 3. The molecule has 0 aliphatic heterocycles. The molecule has 1 aliphatic carbocycles. The highest BCUT2D eigenvalue weighted by molar-refractivity contribution is 5.03. The normalized spacial score (nSPS) is 20.8. The van der Waals surface area contributed by atoms with Crippen molar-refractivity contribution in [3.05, 3.63) is 0 Å². The molecule has 0 aromatic heterocycles. The number of hydrogen-bond donors (Lipinski definition) is 2. The third-order valence-electron chi connectivity index (χ3n) is 4.19. The molecule has 1 unspecified atom stereocenters. The van der Waals surface area contributed by atoms with E-state index in [9.17, 15) is 0 Å². The summed E-state index contributed by atoms with van der Waals surface area (Å²) in [5, 5.41) is 0. The maximum atomic E-state index is 5.78. The molecule has 1 aliphatic rings. The number of nitrogens with two attached hydrogens (primary N) is 1. The van der Waals surface area contributed by atoms with Crippen molar-refractivity contribution in [2.45, 2.75) is 63.5 Å². The number of hydrazine groups is 1. The highest BCUT2D eigenvalue weighted by Crippen LogP contribution is 2.36. The van der Waals surface area contributed by atoms with Crippen molar-refractivity contribution in [3.63, 3.8) is 0 Å². The van der Waals surface area contributed by atoms with E-state index < -0.39 is 0 Å². The Hall–Kier alpha value is -0.560. The molecule has 3 heteroatoms. The molecule has 0 heterocycles. The van der Waals surface area contributed by atoms with Crippen molar-refractivity contribution in [2.24, 2.45) is 5.84 Å². The first-order chi connectivity index (χ1) is 8.17. The van der Waals surface area contributed by atoms with Gasteiger partial charge in [0, 0.05) is 18.0 Å². The SMILES string of the molecule is CC#CCCC(NN)C1(N(C)C)CCCCC1. The number of nitrogens with one attached hydrogen (secondary N) is 1. The molecule has 0 spiro atoms. The van der Waals surface area contributed by atoms with Gasteiger partial charge in [-0.3, -0.25) is 11.3 Å². The third kappa shape index (κ3) is 3.45. The van der Waals surface area contributed by atoms with Gasteiger partial charge in [-0.15, -0.1) is 11.8 Å². The van der Waals surface area contributed by atoms with Gasteiger partial charge in [0.15, 0.2) is 0 Å². The average Bonchev–Trinajstić information content (AvgIpc) is 2.35. The molecule has 1 saturated carbocycles. The molecule has 0 amide bonds. The van der Waals surface area contributed by atoms with Gasteiger partial charge in [0.1, 0.15) is 0 Å².